The number of sulfonamides is 1. The van der Waals surface area contributed by atoms with Crippen molar-refractivity contribution in [3.63, 3.8) is 0 Å². The number of carbonyl (C=O) groups excluding carboxylic acids is 2. The van der Waals surface area contributed by atoms with Crippen LogP contribution in [0.1, 0.15) is 82.4 Å². The smallest absolute Gasteiger partial charge is 0.244 e. The molecule has 0 heterocycles. The van der Waals surface area contributed by atoms with Crippen LogP contribution in [-0.2, 0) is 31.6 Å². The molecule has 0 unspecified atom stereocenters. The number of benzene rings is 2. The summed E-state index contributed by atoms with van der Waals surface area (Å²) in [5.41, 5.74) is 3.94. The van der Waals surface area contributed by atoms with E-state index in [-0.39, 0.29) is 30.5 Å². The van der Waals surface area contributed by atoms with E-state index in [0.717, 1.165) is 35.1 Å². The maximum absolute atomic E-state index is 14.0. The normalized spacial score (nSPS) is 25.3. The number of aryl methyl sites for hydroxylation is 1. The molecule has 2 aromatic carbocycles. The van der Waals surface area contributed by atoms with Crippen LogP contribution in [0.2, 0.25) is 0 Å². The highest BCUT2D eigenvalue weighted by Gasteiger charge is 2.51. The number of amides is 2. The Bertz CT molecular complexity index is 1370. The molecule has 7 nitrogen and oxygen atoms in total. The molecule has 2 amide bonds. The quantitative estimate of drug-likeness (QED) is 0.370. The van der Waals surface area contributed by atoms with Crippen LogP contribution in [0, 0.1) is 24.7 Å². The topological polar surface area (TPSA) is 86.8 Å². The van der Waals surface area contributed by atoms with Crippen molar-refractivity contribution in [3.05, 3.63) is 65.2 Å². The first-order chi connectivity index (χ1) is 19.9. The van der Waals surface area contributed by atoms with Gasteiger partial charge >= 0.3 is 0 Å². The summed E-state index contributed by atoms with van der Waals surface area (Å²) >= 11 is 0. The maximum Gasteiger partial charge on any atom is 0.244 e. The number of anilines is 1. The molecule has 0 radical (unpaired) electrons. The fourth-order valence-electron chi connectivity index (χ4n) is 8.37. The van der Waals surface area contributed by atoms with E-state index in [1.807, 2.05) is 64.1 Å². The lowest BCUT2D eigenvalue weighted by atomic mass is 9.48. The van der Waals surface area contributed by atoms with Gasteiger partial charge in [0.1, 0.15) is 12.6 Å². The third-order valence-electron chi connectivity index (χ3n) is 9.74. The second kappa shape index (κ2) is 12.0. The first-order valence-corrected chi connectivity index (χ1v) is 17.5. The zero-order valence-electron chi connectivity index (χ0n) is 25.8. The summed E-state index contributed by atoms with van der Waals surface area (Å²) in [6.07, 6.45) is 9.36. The number of nitrogens with zero attached hydrogens (tertiary/aromatic N) is 2. The van der Waals surface area contributed by atoms with E-state index in [9.17, 15) is 18.0 Å². The van der Waals surface area contributed by atoms with Gasteiger partial charge in [-0.15, -0.1) is 0 Å². The summed E-state index contributed by atoms with van der Waals surface area (Å²) in [5.74, 6) is 1.82. The number of rotatable bonds is 11. The molecular weight excluding hydrogens is 546 g/mol. The van der Waals surface area contributed by atoms with Crippen LogP contribution in [0.4, 0.5) is 5.69 Å². The Morgan fingerprint density at radius 2 is 1.57 bits per heavy atom. The van der Waals surface area contributed by atoms with Gasteiger partial charge < -0.3 is 10.2 Å². The highest BCUT2D eigenvalue weighted by atomic mass is 32.2. The Morgan fingerprint density at radius 1 is 0.976 bits per heavy atom. The predicted octanol–water partition coefficient (Wildman–Crippen LogP) is 5.56. The van der Waals surface area contributed by atoms with E-state index >= 15 is 0 Å². The molecule has 8 heteroatoms. The number of hydrogen-bond acceptors (Lipinski definition) is 4. The van der Waals surface area contributed by atoms with E-state index in [0.29, 0.717) is 12.1 Å². The molecule has 4 fully saturated rings. The van der Waals surface area contributed by atoms with Gasteiger partial charge in [0.25, 0.3) is 0 Å². The SMILES string of the molecule is CC[C@@H](C(=O)NC(C)C)N(Cc1cccc(C)c1)C(=O)CN(c1ccc(C23CC4CC(CC(C4)C2)C3)cc1)S(C)(=O)=O. The summed E-state index contributed by atoms with van der Waals surface area (Å²) < 4.78 is 27.4. The first kappa shape index (κ1) is 30.6. The van der Waals surface area contributed by atoms with Gasteiger partial charge in [-0.05, 0) is 112 Å². The fraction of sp³-hybridized carbons (Fsp3) is 0.588. The third kappa shape index (κ3) is 6.53. The number of carbonyl (C=O) groups is 2. The second-order valence-electron chi connectivity index (χ2n) is 13.6. The molecule has 42 heavy (non-hydrogen) atoms. The van der Waals surface area contributed by atoms with Crippen LogP contribution in [-0.4, -0.2) is 50.0 Å². The lowest BCUT2D eigenvalue weighted by molar-refractivity contribution is -0.140. The molecule has 4 saturated carbocycles. The van der Waals surface area contributed by atoms with Gasteiger partial charge in [-0.3, -0.25) is 13.9 Å². The average Bonchev–Trinajstić information content (AvgIpc) is 2.90. The van der Waals surface area contributed by atoms with Crippen molar-refractivity contribution >= 4 is 27.5 Å². The van der Waals surface area contributed by atoms with Crippen molar-refractivity contribution in [2.24, 2.45) is 17.8 Å². The van der Waals surface area contributed by atoms with Gasteiger partial charge in [-0.2, -0.15) is 0 Å². The van der Waals surface area contributed by atoms with Crippen molar-refractivity contribution in [2.45, 2.75) is 96.7 Å². The van der Waals surface area contributed by atoms with E-state index in [2.05, 4.69) is 17.4 Å². The monoisotopic (exact) mass is 593 g/mol. The van der Waals surface area contributed by atoms with Crippen molar-refractivity contribution in [2.75, 3.05) is 17.1 Å². The Balaban J connectivity index is 1.41. The summed E-state index contributed by atoms with van der Waals surface area (Å²) in [7, 11) is -3.77. The van der Waals surface area contributed by atoms with E-state index in [1.165, 1.54) is 53.3 Å². The molecule has 2 aromatic rings. The summed E-state index contributed by atoms with van der Waals surface area (Å²) in [5, 5.41) is 2.94. The molecule has 6 rings (SSSR count). The van der Waals surface area contributed by atoms with Gasteiger partial charge in [0.15, 0.2) is 0 Å². The van der Waals surface area contributed by atoms with Crippen LogP contribution in [0.5, 0.6) is 0 Å². The Hall–Kier alpha value is -2.87. The van der Waals surface area contributed by atoms with Gasteiger partial charge in [0.05, 0.1) is 11.9 Å². The second-order valence-corrected chi connectivity index (χ2v) is 15.5. The van der Waals surface area contributed by atoms with E-state index in [4.69, 9.17) is 0 Å². The molecule has 4 aliphatic carbocycles. The predicted molar refractivity (Wildman–Crippen MR) is 168 cm³/mol. The zero-order valence-corrected chi connectivity index (χ0v) is 26.6. The minimum Gasteiger partial charge on any atom is -0.352 e. The lowest BCUT2D eigenvalue weighted by Gasteiger charge is -2.57. The highest BCUT2D eigenvalue weighted by Crippen LogP contribution is 2.60. The molecular formula is C34H47N3O4S. The molecule has 228 valence electrons. The number of nitrogens with one attached hydrogen (secondary N) is 1. The van der Waals surface area contributed by atoms with Crippen LogP contribution in [0.3, 0.4) is 0 Å². The summed E-state index contributed by atoms with van der Waals surface area (Å²) in [6.45, 7) is 7.47. The Morgan fingerprint density at radius 3 is 2.07 bits per heavy atom. The van der Waals surface area contributed by atoms with Gasteiger partial charge in [-0.25, -0.2) is 8.42 Å². The first-order valence-electron chi connectivity index (χ1n) is 15.6. The minimum atomic E-state index is -3.77. The van der Waals surface area contributed by atoms with Gasteiger partial charge in [0, 0.05) is 12.6 Å². The standard InChI is InChI=1S/C34H47N3O4S/c1-6-31(33(39)35-23(2)3)36(21-25-9-7-8-24(4)14-25)32(38)22-37(42(5,40)41)30-12-10-29(11-13-30)34-18-26-15-27(19-34)17-28(16-26)20-34/h7-14,23,26-28,31H,6,15-22H2,1-5H3,(H,35,39)/t26?,27?,28?,31-,34?/m0/s1. The van der Waals surface area contributed by atoms with Crippen LogP contribution in [0.25, 0.3) is 0 Å². The molecule has 0 saturated heterocycles. The fourth-order valence-corrected chi connectivity index (χ4v) is 9.22. The van der Waals surface area contributed by atoms with Crippen molar-refractivity contribution in [3.8, 4) is 0 Å². The summed E-state index contributed by atoms with van der Waals surface area (Å²) in [4.78, 5) is 28.7. The minimum absolute atomic E-state index is 0.0810. The van der Waals surface area contributed by atoms with Crippen molar-refractivity contribution in [1.29, 1.82) is 0 Å². The Kier molecular flexibility index (Phi) is 8.75. The molecule has 0 spiro atoms. The average molecular weight is 594 g/mol. The van der Waals surface area contributed by atoms with Crippen LogP contribution < -0.4 is 9.62 Å². The third-order valence-corrected chi connectivity index (χ3v) is 10.9. The van der Waals surface area contributed by atoms with Crippen molar-refractivity contribution in [1.82, 2.24) is 10.2 Å². The van der Waals surface area contributed by atoms with Crippen LogP contribution >= 0.6 is 0 Å². The highest BCUT2D eigenvalue weighted by molar-refractivity contribution is 7.92. The van der Waals surface area contributed by atoms with Crippen LogP contribution in [0.15, 0.2) is 48.5 Å². The van der Waals surface area contributed by atoms with E-state index in [1.54, 1.807) is 0 Å². The molecule has 1 N–H and O–H groups in total. The molecule has 4 bridgehead atoms. The van der Waals surface area contributed by atoms with Crippen molar-refractivity contribution < 1.29 is 18.0 Å². The van der Waals surface area contributed by atoms with Gasteiger partial charge in [0.2, 0.25) is 21.8 Å². The zero-order chi connectivity index (χ0) is 30.2. The van der Waals surface area contributed by atoms with Gasteiger partial charge in [-0.1, -0.05) is 48.9 Å². The molecule has 0 aromatic heterocycles. The summed E-state index contributed by atoms with van der Waals surface area (Å²) in [6, 6.07) is 15.0. The molecule has 4 aliphatic rings. The molecule has 1 atom stereocenters. The van der Waals surface area contributed by atoms with E-state index < -0.39 is 22.0 Å². The number of hydrogen-bond donors (Lipinski definition) is 1. The maximum atomic E-state index is 14.0. The molecule has 0 aliphatic heterocycles. The Labute approximate surface area is 252 Å². The largest absolute Gasteiger partial charge is 0.352 e. The lowest BCUT2D eigenvalue weighted by Crippen LogP contribution is -2.53.